The normalized spacial score (nSPS) is 14.2. The Morgan fingerprint density at radius 3 is 2.60 bits per heavy atom. The molecule has 0 bridgehead atoms. The van der Waals surface area contributed by atoms with Gasteiger partial charge in [0.1, 0.15) is 5.75 Å². The van der Waals surface area contributed by atoms with E-state index in [4.69, 9.17) is 4.74 Å². The molecule has 8 nitrogen and oxygen atoms in total. The van der Waals surface area contributed by atoms with E-state index in [2.05, 4.69) is 11.7 Å². The van der Waals surface area contributed by atoms with Crippen LogP contribution in [0.25, 0.3) is 0 Å². The first-order chi connectivity index (χ1) is 14.2. The molecule has 30 heavy (non-hydrogen) atoms. The van der Waals surface area contributed by atoms with E-state index in [-0.39, 0.29) is 30.5 Å². The molecule has 2 heterocycles. The summed E-state index contributed by atoms with van der Waals surface area (Å²) in [6.07, 6.45) is 2.73. The number of aliphatic hydroxyl groups excluding tert-OH is 1. The number of aliphatic hydroxyl groups is 1. The van der Waals surface area contributed by atoms with Crippen LogP contribution in [0, 0.1) is 0 Å². The predicted octanol–water partition coefficient (Wildman–Crippen LogP) is 2.17. The van der Waals surface area contributed by atoms with E-state index in [9.17, 15) is 18.3 Å². The summed E-state index contributed by atoms with van der Waals surface area (Å²) in [7, 11) is -2.32. The molecule has 2 aromatic rings. The lowest BCUT2D eigenvalue weighted by atomic mass is 9.97. The molecule has 1 N–H and O–H groups in total. The zero-order chi connectivity index (χ0) is 22.1. The highest BCUT2D eigenvalue weighted by molar-refractivity contribution is 7.93. The van der Waals surface area contributed by atoms with Gasteiger partial charge >= 0.3 is 0 Å². The minimum Gasteiger partial charge on any atom is -0.496 e. The summed E-state index contributed by atoms with van der Waals surface area (Å²) in [5.74, 6) is -0.527. The van der Waals surface area contributed by atoms with Crippen LogP contribution in [0.1, 0.15) is 36.6 Å². The van der Waals surface area contributed by atoms with Crippen LogP contribution in [0.15, 0.2) is 53.6 Å². The molecule has 0 saturated heterocycles. The molecule has 0 fully saturated rings. The summed E-state index contributed by atoms with van der Waals surface area (Å²) in [6, 6.07) is 7.05. The number of ether oxygens (including phenoxy) is 1. The van der Waals surface area contributed by atoms with Crippen LogP contribution < -0.4 is 4.74 Å². The minimum absolute atomic E-state index is 0.105. The van der Waals surface area contributed by atoms with E-state index in [0.29, 0.717) is 28.1 Å². The lowest BCUT2D eigenvalue weighted by molar-refractivity contribution is -0.134. The standard InChI is InChI=1S/C21H25N3O5S/c1-5-20(14(2)3)30(27,28)24-11-15-10-23(12-18(15)22-24)21(26)17(13-25)16-8-6-7-9-19(16)29-4/h5-9,11,17,25H,1,10,12-13H2,2-4H3/t17-/m0/s1. The van der Waals surface area contributed by atoms with E-state index in [0.717, 1.165) is 4.09 Å². The summed E-state index contributed by atoms with van der Waals surface area (Å²) in [5.41, 5.74) is 2.38. The Labute approximate surface area is 176 Å². The molecule has 160 valence electrons. The van der Waals surface area contributed by atoms with E-state index >= 15 is 0 Å². The van der Waals surface area contributed by atoms with Crippen LogP contribution in [0.3, 0.4) is 0 Å². The first kappa shape index (κ1) is 21.8. The molecule has 0 saturated carbocycles. The third-order valence-electron chi connectivity index (χ3n) is 5.07. The van der Waals surface area contributed by atoms with E-state index in [1.54, 1.807) is 43.0 Å². The van der Waals surface area contributed by atoms with Gasteiger partial charge in [-0.25, -0.2) is 0 Å². The van der Waals surface area contributed by atoms with Gasteiger partial charge in [-0.1, -0.05) is 30.4 Å². The van der Waals surface area contributed by atoms with Crippen LogP contribution in [-0.4, -0.2) is 47.2 Å². The van der Waals surface area contributed by atoms with Gasteiger partial charge in [0.25, 0.3) is 10.0 Å². The molecule has 1 aromatic carbocycles. The first-order valence-corrected chi connectivity index (χ1v) is 10.8. The SMILES string of the molecule is C=CC(=C(C)C)S(=O)(=O)n1cc2c(n1)CN(C(=O)[C@@H](CO)c1ccccc1OC)C2. The zero-order valence-electron chi connectivity index (χ0n) is 17.2. The number of aromatic nitrogens is 2. The van der Waals surface area contributed by atoms with Gasteiger partial charge in [-0.3, -0.25) is 4.79 Å². The molecule has 1 aromatic heterocycles. The van der Waals surface area contributed by atoms with Crippen molar-refractivity contribution in [3.05, 3.63) is 70.4 Å². The van der Waals surface area contributed by atoms with Crippen molar-refractivity contribution in [2.45, 2.75) is 32.9 Å². The second kappa shape index (κ2) is 8.45. The number of methoxy groups -OCH3 is 1. The number of para-hydroxylation sites is 1. The highest BCUT2D eigenvalue weighted by atomic mass is 32.2. The molecule has 1 atom stereocenters. The number of carbonyl (C=O) groups is 1. The number of hydrogen-bond acceptors (Lipinski definition) is 6. The second-order valence-electron chi connectivity index (χ2n) is 7.22. The fraction of sp³-hybridized carbons (Fsp3) is 0.333. The zero-order valence-corrected chi connectivity index (χ0v) is 18.0. The predicted molar refractivity (Wildman–Crippen MR) is 112 cm³/mol. The highest BCUT2D eigenvalue weighted by Gasteiger charge is 2.34. The van der Waals surface area contributed by atoms with Crippen molar-refractivity contribution in [1.82, 2.24) is 14.1 Å². The Hall–Kier alpha value is -2.91. The maximum atomic E-state index is 13.1. The monoisotopic (exact) mass is 431 g/mol. The summed E-state index contributed by atoms with van der Waals surface area (Å²) in [5, 5.41) is 14.1. The minimum atomic E-state index is -3.83. The van der Waals surface area contributed by atoms with Crippen molar-refractivity contribution in [2.75, 3.05) is 13.7 Å². The number of carbonyl (C=O) groups excluding carboxylic acids is 1. The van der Waals surface area contributed by atoms with Gasteiger partial charge in [-0.2, -0.15) is 17.6 Å². The van der Waals surface area contributed by atoms with Crippen molar-refractivity contribution in [1.29, 1.82) is 0 Å². The second-order valence-corrected chi connectivity index (χ2v) is 8.98. The number of allylic oxidation sites excluding steroid dienone is 2. The van der Waals surface area contributed by atoms with Crippen LogP contribution in [0.4, 0.5) is 0 Å². The molecular weight excluding hydrogens is 406 g/mol. The van der Waals surface area contributed by atoms with Gasteiger partial charge in [0.15, 0.2) is 0 Å². The van der Waals surface area contributed by atoms with Crippen molar-refractivity contribution >= 4 is 15.9 Å². The Balaban J connectivity index is 1.84. The van der Waals surface area contributed by atoms with Crippen LogP contribution in [0.5, 0.6) is 5.75 Å². The van der Waals surface area contributed by atoms with Crippen molar-refractivity contribution in [2.24, 2.45) is 0 Å². The maximum absolute atomic E-state index is 13.1. The van der Waals surface area contributed by atoms with Crippen LogP contribution in [-0.2, 0) is 27.9 Å². The molecule has 0 unspecified atom stereocenters. The number of hydrogen-bond donors (Lipinski definition) is 1. The molecule has 9 heteroatoms. The Morgan fingerprint density at radius 1 is 1.33 bits per heavy atom. The number of amides is 1. The molecule has 1 aliphatic rings. The van der Waals surface area contributed by atoms with Crippen molar-refractivity contribution < 1.29 is 23.1 Å². The molecular formula is C21H25N3O5S. The lowest BCUT2D eigenvalue weighted by Crippen LogP contribution is -2.33. The average Bonchev–Trinajstić information content (AvgIpc) is 3.28. The third kappa shape index (κ3) is 3.78. The molecule has 0 radical (unpaired) electrons. The smallest absolute Gasteiger partial charge is 0.282 e. The Morgan fingerprint density at radius 2 is 2.03 bits per heavy atom. The van der Waals surface area contributed by atoms with Gasteiger partial charge in [0, 0.05) is 23.9 Å². The number of benzene rings is 1. The van der Waals surface area contributed by atoms with Gasteiger partial charge in [0.05, 0.1) is 36.8 Å². The van der Waals surface area contributed by atoms with Gasteiger partial charge < -0.3 is 14.7 Å². The number of nitrogens with zero attached hydrogens (tertiary/aromatic N) is 3. The number of rotatable bonds is 7. The summed E-state index contributed by atoms with van der Waals surface area (Å²) in [4.78, 5) is 14.7. The van der Waals surface area contributed by atoms with Gasteiger partial charge in [-0.15, -0.1) is 0 Å². The molecule has 0 aliphatic carbocycles. The third-order valence-corrected chi connectivity index (χ3v) is 6.88. The quantitative estimate of drug-likeness (QED) is 0.674. The number of fused-ring (bicyclic) bond motifs is 1. The molecule has 0 spiro atoms. The largest absolute Gasteiger partial charge is 0.496 e. The maximum Gasteiger partial charge on any atom is 0.282 e. The fourth-order valence-electron chi connectivity index (χ4n) is 3.56. The van der Waals surface area contributed by atoms with Crippen molar-refractivity contribution in [3.63, 3.8) is 0 Å². The fourth-order valence-corrected chi connectivity index (χ4v) is 4.96. The topological polar surface area (TPSA) is 102 Å². The van der Waals surface area contributed by atoms with E-state index < -0.39 is 15.9 Å². The average molecular weight is 432 g/mol. The lowest BCUT2D eigenvalue weighted by Gasteiger charge is -2.23. The van der Waals surface area contributed by atoms with Gasteiger partial charge in [0.2, 0.25) is 5.91 Å². The Kier molecular flexibility index (Phi) is 6.14. The molecule has 1 aliphatic heterocycles. The Bertz CT molecular complexity index is 1090. The van der Waals surface area contributed by atoms with E-state index in [1.165, 1.54) is 19.4 Å². The molecule has 1 amide bonds. The summed E-state index contributed by atoms with van der Waals surface area (Å²) >= 11 is 0. The van der Waals surface area contributed by atoms with Crippen LogP contribution >= 0.6 is 0 Å². The van der Waals surface area contributed by atoms with Crippen molar-refractivity contribution in [3.8, 4) is 5.75 Å². The first-order valence-electron chi connectivity index (χ1n) is 9.40. The van der Waals surface area contributed by atoms with E-state index in [1.807, 2.05) is 0 Å². The van der Waals surface area contributed by atoms with Crippen LogP contribution in [0.2, 0.25) is 0 Å². The summed E-state index contributed by atoms with van der Waals surface area (Å²) in [6.45, 7) is 6.98. The molecule has 3 rings (SSSR count). The van der Waals surface area contributed by atoms with Gasteiger partial charge in [-0.05, 0) is 26.0 Å². The summed E-state index contributed by atoms with van der Waals surface area (Å²) < 4.78 is 31.8. The highest BCUT2D eigenvalue weighted by Crippen LogP contribution is 2.31.